The molecule has 1 aromatic rings. The van der Waals surface area contributed by atoms with Gasteiger partial charge in [-0.2, -0.15) is 5.10 Å². The van der Waals surface area contributed by atoms with E-state index >= 15 is 0 Å². The summed E-state index contributed by atoms with van der Waals surface area (Å²) < 4.78 is 0. The SMILES string of the molecule is CCNC(=S)N/N=C(\C)c1cc(C)ccc1O. The van der Waals surface area contributed by atoms with Crippen LogP contribution < -0.4 is 10.7 Å². The summed E-state index contributed by atoms with van der Waals surface area (Å²) in [6.07, 6.45) is 0. The number of hydrogen-bond acceptors (Lipinski definition) is 3. The molecule has 0 heterocycles. The highest BCUT2D eigenvalue weighted by Crippen LogP contribution is 2.18. The fourth-order valence-electron chi connectivity index (χ4n) is 1.33. The molecule has 5 heteroatoms. The van der Waals surface area contributed by atoms with Gasteiger partial charge in [-0.1, -0.05) is 11.6 Å². The Bertz CT molecular complexity index is 443. The van der Waals surface area contributed by atoms with Gasteiger partial charge < -0.3 is 10.4 Å². The maximum atomic E-state index is 9.72. The number of nitrogens with one attached hydrogen (secondary N) is 2. The van der Waals surface area contributed by atoms with Crippen molar-refractivity contribution in [2.24, 2.45) is 5.10 Å². The van der Waals surface area contributed by atoms with E-state index in [-0.39, 0.29) is 5.75 Å². The second kappa shape index (κ2) is 6.20. The molecule has 3 N–H and O–H groups in total. The van der Waals surface area contributed by atoms with E-state index in [0.717, 1.165) is 12.1 Å². The van der Waals surface area contributed by atoms with Crippen LogP contribution in [-0.2, 0) is 0 Å². The Balaban J connectivity index is 2.81. The highest BCUT2D eigenvalue weighted by atomic mass is 32.1. The van der Waals surface area contributed by atoms with Crippen molar-refractivity contribution in [3.8, 4) is 5.75 Å². The van der Waals surface area contributed by atoms with Crippen molar-refractivity contribution in [2.45, 2.75) is 20.8 Å². The molecule has 0 unspecified atom stereocenters. The molecule has 0 saturated heterocycles. The summed E-state index contributed by atoms with van der Waals surface area (Å²) >= 11 is 4.99. The Hall–Kier alpha value is -1.62. The van der Waals surface area contributed by atoms with E-state index in [1.807, 2.05) is 32.9 Å². The number of phenols is 1. The number of rotatable bonds is 3. The van der Waals surface area contributed by atoms with Crippen LogP contribution in [0.15, 0.2) is 23.3 Å². The number of aryl methyl sites for hydroxylation is 1. The summed E-state index contributed by atoms with van der Waals surface area (Å²) in [7, 11) is 0. The van der Waals surface area contributed by atoms with Gasteiger partial charge in [-0.05, 0) is 45.1 Å². The first-order chi connectivity index (χ1) is 8.04. The summed E-state index contributed by atoms with van der Waals surface area (Å²) in [5.41, 5.74) is 5.19. The van der Waals surface area contributed by atoms with Gasteiger partial charge in [-0.25, -0.2) is 0 Å². The highest BCUT2D eigenvalue weighted by Gasteiger charge is 2.04. The number of hydrogen-bond donors (Lipinski definition) is 3. The summed E-state index contributed by atoms with van der Waals surface area (Å²) in [5, 5.41) is 17.2. The zero-order valence-corrected chi connectivity index (χ0v) is 11.1. The number of thiocarbonyl (C=S) groups is 1. The molecule has 1 rings (SSSR count). The second-order valence-corrected chi connectivity index (χ2v) is 4.10. The van der Waals surface area contributed by atoms with E-state index in [2.05, 4.69) is 15.8 Å². The van der Waals surface area contributed by atoms with Crippen LogP contribution in [0, 0.1) is 6.92 Å². The quantitative estimate of drug-likeness (QED) is 0.436. The van der Waals surface area contributed by atoms with Crippen LogP contribution in [0.4, 0.5) is 0 Å². The molecule has 0 fully saturated rings. The molecule has 0 aliphatic heterocycles. The van der Waals surface area contributed by atoms with Gasteiger partial charge in [0.25, 0.3) is 0 Å². The smallest absolute Gasteiger partial charge is 0.186 e. The number of aromatic hydroxyl groups is 1. The molecule has 0 spiro atoms. The van der Waals surface area contributed by atoms with Crippen LogP contribution in [0.25, 0.3) is 0 Å². The van der Waals surface area contributed by atoms with E-state index < -0.39 is 0 Å². The predicted molar refractivity (Wildman–Crippen MR) is 74.5 cm³/mol. The van der Waals surface area contributed by atoms with E-state index in [1.54, 1.807) is 6.07 Å². The molecule has 92 valence electrons. The van der Waals surface area contributed by atoms with Gasteiger partial charge in [0.15, 0.2) is 5.11 Å². The van der Waals surface area contributed by atoms with Gasteiger partial charge >= 0.3 is 0 Å². The van der Waals surface area contributed by atoms with Crippen LogP contribution in [0.1, 0.15) is 25.0 Å². The minimum atomic E-state index is 0.216. The normalized spacial score (nSPS) is 11.1. The van der Waals surface area contributed by atoms with Gasteiger partial charge in [0, 0.05) is 12.1 Å². The third-order valence-corrected chi connectivity index (χ3v) is 2.44. The first kappa shape index (κ1) is 13.4. The van der Waals surface area contributed by atoms with Crippen molar-refractivity contribution in [2.75, 3.05) is 6.54 Å². The molecule has 0 bridgehead atoms. The third-order valence-electron chi connectivity index (χ3n) is 2.20. The summed E-state index contributed by atoms with van der Waals surface area (Å²) in [4.78, 5) is 0. The van der Waals surface area contributed by atoms with Crippen LogP contribution in [0.2, 0.25) is 0 Å². The average molecular weight is 251 g/mol. The number of phenolic OH excluding ortho intramolecular Hbond substituents is 1. The van der Waals surface area contributed by atoms with Crippen molar-refractivity contribution < 1.29 is 5.11 Å². The molecule has 0 atom stereocenters. The lowest BCUT2D eigenvalue weighted by Crippen LogP contribution is -2.32. The largest absolute Gasteiger partial charge is 0.507 e. The molecule has 0 amide bonds. The van der Waals surface area contributed by atoms with Crippen molar-refractivity contribution in [1.29, 1.82) is 0 Å². The number of hydrazone groups is 1. The number of nitrogens with zero attached hydrogens (tertiary/aromatic N) is 1. The van der Waals surface area contributed by atoms with Crippen molar-refractivity contribution in [1.82, 2.24) is 10.7 Å². The van der Waals surface area contributed by atoms with E-state index in [4.69, 9.17) is 12.2 Å². The fourth-order valence-corrected chi connectivity index (χ4v) is 1.52. The molecule has 0 radical (unpaired) electrons. The van der Waals surface area contributed by atoms with E-state index in [0.29, 0.717) is 16.4 Å². The fraction of sp³-hybridized carbons (Fsp3) is 0.333. The Morgan fingerprint density at radius 1 is 1.47 bits per heavy atom. The lowest BCUT2D eigenvalue weighted by atomic mass is 10.1. The zero-order chi connectivity index (χ0) is 12.8. The molecular formula is C12H17N3OS. The summed E-state index contributed by atoms with van der Waals surface area (Å²) in [5.74, 6) is 0.216. The monoisotopic (exact) mass is 251 g/mol. The number of benzene rings is 1. The van der Waals surface area contributed by atoms with Crippen molar-refractivity contribution in [3.05, 3.63) is 29.3 Å². The molecule has 0 aliphatic carbocycles. The molecule has 1 aromatic carbocycles. The van der Waals surface area contributed by atoms with Crippen LogP contribution in [0.3, 0.4) is 0 Å². The Morgan fingerprint density at radius 3 is 2.82 bits per heavy atom. The molecule has 0 aliphatic rings. The second-order valence-electron chi connectivity index (χ2n) is 3.69. The van der Waals surface area contributed by atoms with Crippen molar-refractivity contribution >= 4 is 23.0 Å². The van der Waals surface area contributed by atoms with E-state index in [9.17, 15) is 5.11 Å². The predicted octanol–water partition coefficient (Wildman–Crippen LogP) is 1.91. The first-order valence-electron chi connectivity index (χ1n) is 5.42. The lowest BCUT2D eigenvalue weighted by Gasteiger charge is -2.07. The third kappa shape index (κ3) is 4.03. The molecule has 0 aromatic heterocycles. The lowest BCUT2D eigenvalue weighted by molar-refractivity contribution is 0.474. The maximum Gasteiger partial charge on any atom is 0.186 e. The highest BCUT2D eigenvalue weighted by molar-refractivity contribution is 7.80. The molecule has 4 nitrogen and oxygen atoms in total. The summed E-state index contributed by atoms with van der Waals surface area (Å²) in [6.45, 7) is 6.48. The van der Waals surface area contributed by atoms with Crippen LogP contribution in [0.5, 0.6) is 5.75 Å². The van der Waals surface area contributed by atoms with Crippen LogP contribution >= 0.6 is 12.2 Å². The minimum Gasteiger partial charge on any atom is -0.507 e. The minimum absolute atomic E-state index is 0.216. The van der Waals surface area contributed by atoms with Gasteiger partial charge in [0.05, 0.1) is 5.71 Å². The first-order valence-corrected chi connectivity index (χ1v) is 5.83. The molecule has 17 heavy (non-hydrogen) atoms. The molecular weight excluding hydrogens is 234 g/mol. The van der Waals surface area contributed by atoms with Crippen LogP contribution in [-0.4, -0.2) is 22.5 Å². The van der Waals surface area contributed by atoms with Gasteiger partial charge in [0.2, 0.25) is 0 Å². The van der Waals surface area contributed by atoms with Gasteiger partial charge in [0.1, 0.15) is 5.75 Å². The molecule has 0 saturated carbocycles. The maximum absolute atomic E-state index is 9.72. The summed E-state index contributed by atoms with van der Waals surface area (Å²) in [6, 6.07) is 5.39. The van der Waals surface area contributed by atoms with Gasteiger partial charge in [-0.3, -0.25) is 5.43 Å². The Morgan fingerprint density at radius 2 is 2.18 bits per heavy atom. The van der Waals surface area contributed by atoms with E-state index in [1.165, 1.54) is 0 Å². The Kier molecular flexibility index (Phi) is 4.90. The average Bonchev–Trinajstić information content (AvgIpc) is 2.29. The Labute approximate surface area is 107 Å². The topological polar surface area (TPSA) is 56.7 Å². The standard InChI is InChI=1S/C12H17N3OS/c1-4-13-12(17)15-14-9(3)10-7-8(2)5-6-11(10)16/h5-7,16H,4H2,1-3H3,(H2,13,15,17)/b14-9+. The van der Waals surface area contributed by atoms with Crippen molar-refractivity contribution in [3.63, 3.8) is 0 Å². The van der Waals surface area contributed by atoms with Gasteiger partial charge in [-0.15, -0.1) is 0 Å². The zero-order valence-electron chi connectivity index (χ0n) is 10.2.